The molecule has 0 radical (unpaired) electrons. The SMILES string of the molecule is CCOC(=O)C1=C(N)OC(C)=C(C(=O)OC)C1c1ccc([N+](=O)[O-])cc1C(F)(F)F. The number of carbonyl (C=O) groups excluding carboxylic acids is 2. The fourth-order valence-electron chi connectivity index (χ4n) is 3.03. The third kappa shape index (κ3) is 4.21. The molecule has 1 aromatic carbocycles. The second-order valence-electron chi connectivity index (χ2n) is 6.02. The van der Waals surface area contributed by atoms with Crippen molar-refractivity contribution >= 4 is 17.6 Å². The molecule has 162 valence electrons. The number of alkyl halides is 3. The summed E-state index contributed by atoms with van der Waals surface area (Å²) in [6.45, 7) is 2.58. The Morgan fingerprint density at radius 1 is 1.27 bits per heavy atom. The summed E-state index contributed by atoms with van der Waals surface area (Å²) >= 11 is 0. The summed E-state index contributed by atoms with van der Waals surface area (Å²) in [4.78, 5) is 34.8. The van der Waals surface area contributed by atoms with Gasteiger partial charge in [-0.1, -0.05) is 6.07 Å². The molecule has 0 aliphatic carbocycles. The summed E-state index contributed by atoms with van der Waals surface area (Å²) in [5, 5.41) is 11.0. The van der Waals surface area contributed by atoms with Gasteiger partial charge in [0.05, 0.1) is 35.7 Å². The van der Waals surface area contributed by atoms with Gasteiger partial charge in [-0.05, 0) is 19.4 Å². The number of nitro groups is 1. The maximum absolute atomic E-state index is 13.8. The summed E-state index contributed by atoms with van der Waals surface area (Å²) < 4.78 is 56.0. The molecule has 0 saturated carbocycles. The van der Waals surface area contributed by atoms with Crippen molar-refractivity contribution in [3.05, 3.63) is 62.2 Å². The lowest BCUT2D eigenvalue weighted by Gasteiger charge is -2.30. The molecule has 1 unspecified atom stereocenters. The van der Waals surface area contributed by atoms with Gasteiger partial charge in [0.25, 0.3) is 5.69 Å². The molecule has 0 fully saturated rings. The highest BCUT2D eigenvalue weighted by Gasteiger charge is 2.45. The Balaban J connectivity index is 2.88. The number of benzene rings is 1. The van der Waals surface area contributed by atoms with Crippen LogP contribution in [0.4, 0.5) is 18.9 Å². The maximum Gasteiger partial charge on any atom is 0.416 e. The summed E-state index contributed by atoms with van der Waals surface area (Å²) in [5.74, 6) is -4.62. The fraction of sp³-hybridized carbons (Fsp3) is 0.333. The molecule has 1 heterocycles. The molecule has 2 rings (SSSR count). The number of rotatable bonds is 5. The van der Waals surface area contributed by atoms with Crippen LogP contribution >= 0.6 is 0 Å². The fourth-order valence-corrected chi connectivity index (χ4v) is 3.03. The maximum atomic E-state index is 13.8. The van der Waals surface area contributed by atoms with Crippen molar-refractivity contribution in [3.8, 4) is 0 Å². The number of hydrogen-bond donors (Lipinski definition) is 1. The van der Waals surface area contributed by atoms with Crippen molar-refractivity contribution in [1.82, 2.24) is 0 Å². The number of methoxy groups -OCH3 is 1. The minimum absolute atomic E-state index is 0.134. The molecule has 1 aromatic rings. The van der Waals surface area contributed by atoms with Crippen molar-refractivity contribution in [2.45, 2.75) is 25.9 Å². The molecule has 30 heavy (non-hydrogen) atoms. The van der Waals surface area contributed by atoms with Crippen LogP contribution in [0.25, 0.3) is 0 Å². The molecule has 1 atom stereocenters. The molecular formula is C18H17F3N2O7. The predicted octanol–water partition coefficient (Wildman–Crippen LogP) is 2.91. The molecule has 12 heteroatoms. The van der Waals surface area contributed by atoms with Gasteiger partial charge < -0.3 is 19.9 Å². The Kier molecular flexibility index (Phi) is 6.38. The molecule has 0 aromatic heterocycles. The molecule has 9 nitrogen and oxygen atoms in total. The topological polar surface area (TPSA) is 131 Å². The molecule has 0 bridgehead atoms. The van der Waals surface area contributed by atoms with E-state index in [0.717, 1.165) is 19.2 Å². The Morgan fingerprint density at radius 3 is 2.40 bits per heavy atom. The van der Waals surface area contributed by atoms with Gasteiger partial charge in [0, 0.05) is 12.1 Å². The van der Waals surface area contributed by atoms with E-state index in [4.69, 9.17) is 15.2 Å². The van der Waals surface area contributed by atoms with E-state index in [2.05, 4.69) is 4.74 Å². The number of ether oxygens (including phenoxy) is 3. The van der Waals surface area contributed by atoms with Gasteiger partial charge in [-0.25, -0.2) is 9.59 Å². The van der Waals surface area contributed by atoms with E-state index in [9.17, 15) is 32.9 Å². The van der Waals surface area contributed by atoms with Gasteiger partial charge in [0.1, 0.15) is 11.3 Å². The first kappa shape index (κ1) is 22.7. The van der Waals surface area contributed by atoms with Crippen LogP contribution in [0.3, 0.4) is 0 Å². The van der Waals surface area contributed by atoms with E-state index in [1.54, 1.807) is 0 Å². The van der Waals surface area contributed by atoms with E-state index < -0.39 is 62.8 Å². The van der Waals surface area contributed by atoms with Crippen molar-refractivity contribution in [2.75, 3.05) is 13.7 Å². The summed E-state index contributed by atoms with van der Waals surface area (Å²) in [7, 11) is 0.992. The summed E-state index contributed by atoms with van der Waals surface area (Å²) in [6, 6.07) is 1.94. The predicted molar refractivity (Wildman–Crippen MR) is 94.5 cm³/mol. The number of esters is 2. The van der Waals surface area contributed by atoms with Crippen LogP contribution in [0.15, 0.2) is 41.0 Å². The molecular weight excluding hydrogens is 413 g/mol. The second kappa shape index (κ2) is 8.43. The Labute approximate surface area is 168 Å². The van der Waals surface area contributed by atoms with Crippen LogP contribution in [-0.2, 0) is 30.0 Å². The molecule has 2 N–H and O–H groups in total. The molecule has 1 aliphatic heterocycles. The third-order valence-electron chi connectivity index (χ3n) is 4.25. The van der Waals surface area contributed by atoms with Gasteiger partial charge in [-0.3, -0.25) is 10.1 Å². The molecule has 0 spiro atoms. The normalized spacial score (nSPS) is 16.8. The first-order valence-corrected chi connectivity index (χ1v) is 8.43. The lowest BCUT2D eigenvalue weighted by Crippen LogP contribution is -2.31. The number of allylic oxidation sites excluding steroid dienone is 1. The summed E-state index contributed by atoms with van der Waals surface area (Å²) in [5.41, 5.74) is 1.90. The van der Waals surface area contributed by atoms with Crippen LogP contribution in [0.2, 0.25) is 0 Å². The van der Waals surface area contributed by atoms with E-state index >= 15 is 0 Å². The molecule has 1 aliphatic rings. The molecule has 0 amide bonds. The smallest absolute Gasteiger partial charge is 0.416 e. The largest absolute Gasteiger partial charge is 0.466 e. The lowest BCUT2D eigenvalue weighted by atomic mass is 9.80. The van der Waals surface area contributed by atoms with Gasteiger partial charge in [-0.2, -0.15) is 13.2 Å². The Hall–Kier alpha value is -3.57. The van der Waals surface area contributed by atoms with Crippen molar-refractivity contribution in [3.63, 3.8) is 0 Å². The van der Waals surface area contributed by atoms with Crippen LogP contribution in [0.5, 0.6) is 0 Å². The van der Waals surface area contributed by atoms with Gasteiger partial charge >= 0.3 is 18.1 Å². The highest BCUT2D eigenvalue weighted by Crippen LogP contribution is 2.46. The number of nitrogens with two attached hydrogens (primary N) is 1. The van der Waals surface area contributed by atoms with E-state index in [1.807, 2.05) is 0 Å². The van der Waals surface area contributed by atoms with Gasteiger partial charge in [0.15, 0.2) is 0 Å². The number of non-ortho nitro benzene ring substituents is 1. The van der Waals surface area contributed by atoms with Crippen LogP contribution in [0.1, 0.15) is 30.9 Å². The monoisotopic (exact) mass is 430 g/mol. The van der Waals surface area contributed by atoms with Gasteiger partial charge in [-0.15, -0.1) is 0 Å². The second-order valence-corrected chi connectivity index (χ2v) is 6.02. The average molecular weight is 430 g/mol. The molecule has 0 saturated heterocycles. The minimum Gasteiger partial charge on any atom is -0.466 e. The van der Waals surface area contributed by atoms with Crippen LogP contribution in [0, 0.1) is 10.1 Å². The first-order valence-electron chi connectivity index (χ1n) is 8.43. The van der Waals surface area contributed by atoms with E-state index in [0.29, 0.717) is 6.07 Å². The minimum atomic E-state index is -5.05. The number of carbonyl (C=O) groups is 2. The van der Waals surface area contributed by atoms with Gasteiger partial charge in [0.2, 0.25) is 5.88 Å². The standard InChI is InChI=1S/C18H17F3N2O7/c1-4-29-17(25)14-13(12(16(24)28-3)8(2)30-15(14)22)10-6-5-9(23(26)27)7-11(10)18(19,20)21/h5-7,13H,4,22H2,1-3H3. The Morgan fingerprint density at radius 2 is 1.90 bits per heavy atom. The zero-order chi connectivity index (χ0) is 22.8. The number of halogens is 3. The zero-order valence-electron chi connectivity index (χ0n) is 16.0. The van der Waals surface area contributed by atoms with E-state index in [-0.39, 0.29) is 12.4 Å². The van der Waals surface area contributed by atoms with Crippen molar-refractivity contribution in [2.24, 2.45) is 5.73 Å². The Bertz CT molecular complexity index is 967. The van der Waals surface area contributed by atoms with Crippen molar-refractivity contribution in [1.29, 1.82) is 0 Å². The lowest BCUT2D eigenvalue weighted by molar-refractivity contribution is -0.385. The van der Waals surface area contributed by atoms with Crippen LogP contribution < -0.4 is 5.73 Å². The number of nitro benzene ring substituents is 1. The summed E-state index contributed by atoms with van der Waals surface area (Å²) in [6.07, 6.45) is -5.05. The van der Waals surface area contributed by atoms with Crippen LogP contribution in [-0.4, -0.2) is 30.6 Å². The third-order valence-corrected chi connectivity index (χ3v) is 4.25. The van der Waals surface area contributed by atoms with E-state index in [1.165, 1.54) is 13.8 Å². The zero-order valence-corrected chi connectivity index (χ0v) is 16.0. The van der Waals surface area contributed by atoms with Crippen molar-refractivity contribution < 1.29 is 41.9 Å². The highest BCUT2D eigenvalue weighted by atomic mass is 19.4. The first-order chi connectivity index (χ1) is 13.9. The number of hydrogen-bond acceptors (Lipinski definition) is 8. The highest BCUT2D eigenvalue weighted by molar-refractivity contribution is 5.99. The quantitative estimate of drug-likeness (QED) is 0.429. The average Bonchev–Trinajstić information content (AvgIpc) is 2.65. The number of nitrogens with zero attached hydrogens (tertiary/aromatic N) is 1.